The second-order valence-electron chi connectivity index (χ2n) is 7.43. The molecule has 0 fully saturated rings. The zero-order valence-electron chi connectivity index (χ0n) is 13.3. The molecule has 1 heteroatoms. The highest BCUT2D eigenvalue weighted by Gasteiger charge is 2.43. The topological polar surface area (TPSA) is 17.1 Å². The highest BCUT2D eigenvalue weighted by atomic mass is 16.1. The first-order valence-corrected chi connectivity index (χ1v) is 7.24. The summed E-state index contributed by atoms with van der Waals surface area (Å²) in [4.78, 5) is 11.8. The van der Waals surface area contributed by atoms with Gasteiger partial charge in [-0.05, 0) is 53.7 Å². The fraction of sp³-hybridized carbons (Fsp3) is 0.611. The standard InChI is InChI=1S/C18H26O/c1-11-10-17(4,5)15-9-8-14(13(3)19)12(2)16(15)18(11,6)7/h8-9,11H,10H2,1-7H3. The van der Waals surface area contributed by atoms with Gasteiger partial charge in [-0.3, -0.25) is 4.79 Å². The minimum absolute atomic E-state index is 0.139. The molecule has 0 aliphatic heterocycles. The first kappa shape index (κ1) is 14.3. The minimum atomic E-state index is 0.139. The molecular weight excluding hydrogens is 232 g/mol. The van der Waals surface area contributed by atoms with E-state index in [-0.39, 0.29) is 16.6 Å². The molecule has 19 heavy (non-hydrogen) atoms. The Balaban J connectivity index is 2.80. The second-order valence-corrected chi connectivity index (χ2v) is 7.43. The molecule has 1 aliphatic carbocycles. The summed E-state index contributed by atoms with van der Waals surface area (Å²) in [6, 6.07) is 4.21. The van der Waals surface area contributed by atoms with Crippen LogP contribution in [0.15, 0.2) is 12.1 Å². The predicted molar refractivity (Wildman–Crippen MR) is 81.0 cm³/mol. The van der Waals surface area contributed by atoms with E-state index in [0.29, 0.717) is 5.92 Å². The molecule has 0 saturated heterocycles. The van der Waals surface area contributed by atoms with Gasteiger partial charge in [-0.25, -0.2) is 0 Å². The lowest BCUT2D eigenvalue weighted by Crippen LogP contribution is -2.41. The van der Waals surface area contributed by atoms with Crippen LogP contribution in [-0.2, 0) is 10.8 Å². The normalized spacial score (nSPS) is 23.8. The van der Waals surface area contributed by atoms with E-state index in [2.05, 4.69) is 47.6 Å². The molecule has 0 amide bonds. The van der Waals surface area contributed by atoms with Crippen LogP contribution in [0.4, 0.5) is 0 Å². The zero-order valence-corrected chi connectivity index (χ0v) is 13.3. The van der Waals surface area contributed by atoms with Gasteiger partial charge in [0.1, 0.15) is 0 Å². The molecule has 0 aromatic heterocycles. The van der Waals surface area contributed by atoms with E-state index in [1.54, 1.807) is 6.92 Å². The van der Waals surface area contributed by atoms with Crippen LogP contribution in [0.5, 0.6) is 0 Å². The van der Waals surface area contributed by atoms with Gasteiger partial charge in [0.25, 0.3) is 0 Å². The third kappa shape index (κ3) is 2.04. The Labute approximate surface area is 117 Å². The van der Waals surface area contributed by atoms with Gasteiger partial charge in [0, 0.05) is 5.56 Å². The van der Waals surface area contributed by atoms with Crippen LogP contribution in [-0.4, -0.2) is 5.78 Å². The molecule has 0 saturated carbocycles. The van der Waals surface area contributed by atoms with Crippen molar-refractivity contribution in [3.05, 3.63) is 34.4 Å². The highest BCUT2D eigenvalue weighted by molar-refractivity contribution is 5.96. The van der Waals surface area contributed by atoms with E-state index in [9.17, 15) is 4.79 Å². The molecule has 1 aromatic carbocycles. The molecule has 0 radical (unpaired) electrons. The van der Waals surface area contributed by atoms with Crippen molar-refractivity contribution in [1.29, 1.82) is 0 Å². The van der Waals surface area contributed by atoms with Crippen LogP contribution in [0.1, 0.15) is 75.0 Å². The number of carbonyl (C=O) groups is 1. The fourth-order valence-electron chi connectivity index (χ4n) is 3.86. The quantitative estimate of drug-likeness (QED) is 0.662. The molecule has 1 aliphatic rings. The van der Waals surface area contributed by atoms with Gasteiger partial charge >= 0.3 is 0 Å². The number of hydrogen-bond acceptors (Lipinski definition) is 1. The first-order valence-electron chi connectivity index (χ1n) is 7.24. The van der Waals surface area contributed by atoms with Gasteiger partial charge in [0.2, 0.25) is 0 Å². The molecule has 104 valence electrons. The summed E-state index contributed by atoms with van der Waals surface area (Å²) in [5.74, 6) is 0.794. The number of hydrogen-bond donors (Lipinski definition) is 0. The second kappa shape index (κ2) is 4.19. The highest BCUT2D eigenvalue weighted by Crippen LogP contribution is 2.50. The van der Waals surface area contributed by atoms with Gasteiger partial charge in [-0.15, -0.1) is 0 Å². The third-order valence-electron chi connectivity index (χ3n) is 5.27. The molecule has 1 unspecified atom stereocenters. The van der Waals surface area contributed by atoms with Crippen LogP contribution in [0.25, 0.3) is 0 Å². The number of ketones is 1. The maximum atomic E-state index is 11.8. The van der Waals surface area contributed by atoms with E-state index in [0.717, 1.165) is 5.56 Å². The van der Waals surface area contributed by atoms with Crippen molar-refractivity contribution in [1.82, 2.24) is 0 Å². The van der Waals surface area contributed by atoms with Gasteiger partial charge < -0.3 is 0 Å². The maximum absolute atomic E-state index is 11.8. The summed E-state index contributed by atoms with van der Waals surface area (Å²) < 4.78 is 0. The molecular formula is C18H26O. The Morgan fingerprint density at radius 2 is 1.79 bits per heavy atom. The van der Waals surface area contributed by atoms with Crippen LogP contribution >= 0.6 is 0 Å². The molecule has 2 rings (SSSR count). The third-order valence-corrected chi connectivity index (χ3v) is 5.27. The summed E-state index contributed by atoms with van der Waals surface area (Å²) in [7, 11) is 0. The van der Waals surface area contributed by atoms with Crippen molar-refractivity contribution in [2.24, 2.45) is 5.92 Å². The van der Waals surface area contributed by atoms with Crippen LogP contribution in [0, 0.1) is 12.8 Å². The van der Waals surface area contributed by atoms with E-state index in [4.69, 9.17) is 0 Å². The molecule has 1 atom stereocenters. The number of fused-ring (bicyclic) bond motifs is 1. The predicted octanol–water partition coefficient (Wildman–Crippen LogP) is 4.79. The molecule has 1 nitrogen and oxygen atoms in total. The van der Waals surface area contributed by atoms with E-state index in [1.807, 2.05) is 6.07 Å². The average molecular weight is 258 g/mol. The Morgan fingerprint density at radius 1 is 1.21 bits per heavy atom. The fourth-order valence-corrected chi connectivity index (χ4v) is 3.86. The summed E-state index contributed by atoms with van der Waals surface area (Å²) >= 11 is 0. The van der Waals surface area contributed by atoms with E-state index >= 15 is 0 Å². The van der Waals surface area contributed by atoms with E-state index < -0.39 is 0 Å². The van der Waals surface area contributed by atoms with Crippen LogP contribution in [0.2, 0.25) is 0 Å². The zero-order chi connectivity index (χ0) is 14.6. The van der Waals surface area contributed by atoms with Gasteiger partial charge in [0.15, 0.2) is 5.78 Å². The number of benzene rings is 1. The minimum Gasteiger partial charge on any atom is -0.295 e. The van der Waals surface area contributed by atoms with Crippen molar-refractivity contribution in [3.8, 4) is 0 Å². The summed E-state index contributed by atoms with van der Waals surface area (Å²) in [5, 5.41) is 0. The molecule has 0 heterocycles. The number of rotatable bonds is 1. The Bertz CT molecular complexity index is 535. The van der Waals surface area contributed by atoms with Gasteiger partial charge in [0.05, 0.1) is 0 Å². The molecule has 0 spiro atoms. The first-order chi connectivity index (χ1) is 8.59. The number of Topliss-reactive ketones (excluding diaryl/α,β-unsaturated/α-hetero) is 1. The van der Waals surface area contributed by atoms with Crippen molar-refractivity contribution in [3.63, 3.8) is 0 Å². The van der Waals surface area contributed by atoms with Crippen molar-refractivity contribution in [2.45, 2.75) is 65.7 Å². The average Bonchev–Trinajstić information content (AvgIpc) is 2.25. The van der Waals surface area contributed by atoms with Crippen molar-refractivity contribution < 1.29 is 4.79 Å². The monoisotopic (exact) mass is 258 g/mol. The smallest absolute Gasteiger partial charge is 0.160 e. The molecule has 1 aromatic rings. The summed E-state index contributed by atoms with van der Waals surface area (Å²) in [6.45, 7) is 15.4. The van der Waals surface area contributed by atoms with Crippen molar-refractivity contribution >= 4 is 5.78 Å². The number of carbonyl (C=O) groups excluding carboxylic acids is 1. The SMILES string of the molecule is CC(=O)c1ccc2c(c1C)C(C)(C)C(C)CC2(C)C. The lowest BCUT2D eigenvalue weighted by molar-refractivity contribution is 0.101. The van der Waals surface area contributed by atoms with E-state index in [1.165, 1.54) is 23.1 Å². The van der Waals surface area contributed by atoms with Crippen molar-refractivity contribution in [2.75, 3.05) is 0 Å². The molecule has 0 N–H and O–H groups in total. The van der Waals surface area contributed by atoms with Gasteiger partial charge in [-0.2, -0.15) is 0 Å². The van der Waals surface area contributed by atoms with Crippen LogP contribution < -0.4 is 0 Å². The Kier molecular flexibility index (Phi) is 3.16. The summed E-state index contributed by atoms with van der Waals surface area (Å²) in [5.41, 5.74) is 5.25. The molecule has 0 bridgehead atoms. The maximum Gasteiger partial charge on any atom is 0.160 e. The lowest BCUT2D eigenvalue weighted by Gasteiger charge is -2.47. The largest absolute Gasteiger partial charge is 0.295 e. The summed E-state index contributed by atoms with van der Waals surface area (Å²) in [6.07, 6.45) is 1.20. The Morgan fingerprint density at radius 3 is 2.32 bits per heavy atom. The van der Waals surface area contributed by atoms with Gasteiger partial charge in [-0.1, -0.05) is 46.8 Å². The lowest BCUT2D eigenvalue weighted by atomic mass is 9.57. The Hall–Kier alpha value is -1.11. The van der Waals surface area contributed by atoms with Crippen LogP contribution in [0.3, 0.4) is 0 Å².